The van der Waals surface area contributed by atoms with Crippen LogP contribution in [-0.4, -0.2) is 45.2 Å². The first-order valence-electron chi connectivity index (χ1n) is 7.18. The lowest BCUT2D eigenvalue weighted by Crippen LogP contribution is -2.40. The summed E-state index contributed by atoms with van der Waals surface area (Å²) >= 11 is 6.29. The summed E-state index contributed by atoms with van der Waals surface area (Å²) in [6.45, 7) is 1.69. The third-order valence-electron chi connectivity index (χ3n) is 3.47. The molecule has 0 bridgehead atoms. The zero-order chi connectivity index (χ0) is 17.9. The van der Waals surface area contributed by atoms with Crippen LogP contribution in [0.25, 0.3) is 6.08 Å². The van der Waals surface area contributed by atoms with Gasteiger partial charge in [-0.1, -0.05) is 43.0 Å². The van der Waals surface area contributed by atoms with Crippen molar-refractivity contribution < 1.29 is 19.5 Å². The minimum absolute atomic E-state index is 0.154. The first-order chi connectivity index (χ1) is 11.3. The average molecular weight is 364 g/mol. The number of thioether (sulfide) groups is 1. The van der Waals surface area contributed by atoms with Crippen molar-refractivity contribution in [3.8, 4) is 0 Å². The Hall–Kier alpha value is -2.19. The SMILES string of the molecule is CCC(NC(=O)c1ccc(C=C2SC(=S)N(C)C2=O)cc1)C(=O)O. The highest BCUT2D eigenvalue weighted by Crippen LogP contribution is 2.31. The van der Waals surface area contributed by atoms with Gasteiger partial charge in [0, 0.05) is 12.6 Å². The predicted octanol–water partition coefficient (Wildman–Crippen LogP) is 2.11. The van der Waals surface area contributed by atoms with Gasteiger partial charge in [0.15, 0.2) is 0 Å². The summed E-state index contributed by atoms with van der Waals surface area (Å²) in [5.74, 6) is -1.67. The number of amides is 2. The van der Waals surface area contributed by atoms with Crippen molar-refractivity contribution in [1.82, 2.24) is 10.2 Å². The molecule has 0 radical (unpaired) electrons. The molecule has 1 heterocycles. The standard InChI is InChI=1S/C16H16N2O4S2/c1-3-11(15(21)22)17-13(19)10-6-4-9(5-7-10)8-12-14(20)18(2)16(23)24-12/h4-8,11H,3H2,1-2H3,(H,17,19)(H,21,22). The van der Waals surface area contributed by atoms with E-state index in [9.17, 15) is 14.4 Å². The Morgan fingerprint density at radius 1 is 1.38 bits per heavy atom. The Morgan fingerprint density at radius 3 is 2.46 bits per heavy atom. The monoisotopic (exact) mass is 364 g/mol. The van der Waals surface area contributed by atoms with Gasteiger partial charge in [-0.05, 0) is 30.2 Å². The molecule has 8 heteroatoms. The van der Waals surface area contributed by atoms with Crippen molar-refractivity contribution in [3.05, 3.63) is 40.3 Å². The number of carbonyl (C=O) groups excluding carboxylic acids is 2. The molecule has 0 saturated carbocycles. The van der Waals surface area contributed by atoms with Crippen molar-refractivity contribution in [3.63, 3.8) is 0 Å². The van der Waals surface area contributed by atoms with Gasteiger partial charge in [0.05, 0.1) is 4.91 Å². The maximum atomic E-state index is 12.0. The highest BCUT2D eigenvalue weighted by Gasteiger charge is 2.28. The molecule has 126 valence electrons. The molecular weight excluding hydrogens is 348 g/mol. The van der Waals surface area contributed by atoms with Crippen LogP contribution in [0.2, 0.25) is 0 Å². The summed E-state index contributed by atoms with van der Waals surface area (Å²) in [6.07, 6.45) is 2.01. The lowest BCUT2D eigenvalue weighted by molar-refractivity contribution is -0.139. The van der Waals surface area contributed by atoms with E-state index in [4.69, 9.17) is 17.3 Å². The molecule has 2 N–H and O–H groups in total. The molecule has 1 aliphatic heterocycles. The second kappa shape index (κ2) is 7.59. The number of benzene rings is 1. The third-order valence-corrected chi connectivity index (χ3v) is 4.95. The number of nitrogens with one attached hydrogen (secondary N) is 1. The number of hydrogen-bond donors (Lipinski definition) is 2. The van der Waals surface area contributed by atoms with E-state index in [1.54, 1.807) is 44.3 Å². The maximum Gasteiger partial charge on any atom is 0.326 e. The van der Waals surface area contributed by atoms with Gasteiger partial charge >= 0.3 is 5.97 Å². The minimum Gasteiger partial charge on any atom is -0.480 e. The van der Waals surface area contributed by atoms with Crippen LogP contribution < -0.4 is 5.32 Å². The number of rotatable bonds is 5. The van der Waals surface area contributed by atoms with Crippen molar-refractivity contribution in [1.29, 1.82) is 0 Å². The molecule has 6 nitrogen and oxygen atoms in total. The van der Waals surface area contributed by atoms with Gasteiger partial charge in [-0.15, -0.1) is 0 Å². The Labute approximate surface area is 148 Å². The van der Waals surface area contributed by atoms with E-state index in [0.29, 0.717) is 21.2 Å². The van der Waals surface area contributed by atoms with Crippen LogP contribution in [0.1, 0.15) is 29.3 Å². The molecule has 0 aromatic heterocycles. The summed E-state index contributed by atoms with van der Waals surface area (Å²) in [6, 6.07) is 5.64. The van der Waals surface area contributed by atoms with Gasteiger partial charge in [0.25, 0.3) is 11.8 Å². The fourth-order valence-corrected chi connectivity index (χ4v) is 3.19. The summed E-state index contributed by atoms with van der Waals surface area (Å²) in [7, 11) is 1.62. The molecule has 1 aromatic carbocycles. The number of nitrogens with zero attached hydrogens (tertiary/aromatic N) is 1. The fraction of sp³-hybridized carbons (Fsp3) is 0.250. The second-order valence-corrected chi connectivity index (χ2v) is 6.81. The lowest BCUT2D eigenvalue weighted by atomic mass is 10.1. The van der Waals surface area contributed by atoms with Crippen LogP contribution in [-0.2, 0) is 9.59 Å². The van der Waals surface area contributed by atoms with Gasteiger partial charge in [0.2, 0.25) is 0 Å². The number of likely N-dealkylation sites (N-methyl/N-ethyl adjacent to an activating group) is 1. The quantitative estimate of drug-likeness (QED) is 0.615. The maximum absolute atomic E-state index is 12.0. The summed E-state index contributed by atoms with van der Waals surface area (Å²) in [5, 5.41) is 11.4. The number of carboxylic acid groups (broad SMARTS) is 1. The number of carbonyl (C=O) groups is 3. The van der Waals surface area contributed by atoms with E-state index in [1.807, 2.05) is 0 Å². The Bertz CT molecular complexity index is 728. The smallest absolute Gasteiger partial charge is 0.326 e. The van der Waals surface area contributed by atoms with E-state index in [1.165, 1.54) is 16.7 Å². The number of hydrogen-bond acceptors (Lipinski definition) is 5. The summed E-state index contributed by atoms with van der Waals surface area (Å²) in [4.78, 5) is 36.9. The van der Waals surface area contributed by atoms with Crippen molar-refractivity contribution in [2.24, 2.45) is 0 Å². The summed E-state index contributed by atoms with van der Waals surface area (Å²) < 4.78 is 0.501. The van der Waals surface area contributed by atoms with Gasteiger partial charge in [0.1, 0.15) is 10.4 Å². The van der Waals surface area contributed by atoms with E-state index in [0.717, 1.165) is 5.56 Å². The molecule has 1 atom stereocenters. The molecule has 1 saturated heterocycles. The van der Waals surface area contributed by atoms with Gasteiger partial charge < -0.3 is 10.4 Å². The molecular formula is C16H16N2O4S2. The molecule has 0 aliphatic carbocycles. The number of thiocarbonyl (C=S) groups is 1. The van der Waals surface area contributed by atoms with Gasteiger partial charge in [-0.3, -0.25) is 14.5 Å². The average Bonchev–Trinajstić information content (AvgIpc) is 2.79. The highest BCUT2D eigenvalue weighted by molar-refractivity contribution is 8.26. The third kappa shape index (κ3) is 4.01. The Balaban J connectivity index is 2.11. The first-order valence-corrected chi connectivity index (χ1v) is 8.41. The van der Waals surface area contributed by atoms with E-state index < -0.39 is 17.9 Å². The predicted molar refractivity (Wildman–Crippen MR) is 96.6 cm³/mol. The Morgan fingerprint density at radius 2 is 2.00 bits per heavy atom. The fourth-order valence-electron chi connectivity index (χ4n) is 2.01. The van der Waals surface area contributed by atoms with Gasteiger partial charge in [-0.2, -0.15) is 0 Å². The minimum atomic E-state index is -1.07. The van der Waals surface area contributed by atoms with Crippen molar-refractivity contribution >= 4 is 52.2 Å². The lowest BCUT2D eigenvalue weighted by Gasteiger charge is -2.12. The first kappa shape index (κ1) is 18.2. The van der Waals surface area contributed by atoms with Crippen LogP contribution >= 0.6 is 24.0 Å². The molecule has 0 spiro atoms. The van der Waals surface area contributed by atoms with E-state index in [2.05, 4.69) is 5.32 Å². The molecule has 2 amide bonds. The molecule has 1 fully saturated rings. The van der Waals surface area contributed by atoms with Crippen molar-refractivity contribution in [2.45, 2.75) is 19.4 Å². The van der Waals surface area contributed by atoms with Crippen molar-refractivity contribution in [2.75, 3.05) is 7.05 Å². The number of aliphatic carboxylic acids is 1. The van der Waals surface area contributed by atoms with Gasteiger partial charge in [-0.25, -0.2) is 4.79 Å². The second-order valence-electron chi connectivity index (χ2n) is 5.14. The van der Waals surface area contributed by atoms with Crippen LogP contribution in [0.15, 0.2) is 29.2 Å². The molecule has 1 aliphatic rings. The normalized spacial score (nSPS) is 17.2. The molecule has 1 unspecified atom stereocenters. The van der Waals surface area contributed by atoms with Crippen LogP contribution in [0.3, 0.4) is 0 Å². The van der Waals surface area contributed by atoms with Crippen LogP contribution in [0.4, 0.5) is 0 Å². The van der Waals surface area contributed by atoms with E-state index in [-0.39, 0.29) is 5.91 Å². The molecule has 2 rings (SSSR count). The zero-order valence-corrected chi connectivity index (χ0v) is 14.7. The van der Waals surface area contributed by atoms with Crippen LogP contribution in [0, 0.1) is 0 Å². The largest absolute Gasteiger partial charge is 0.480 e. The van der Waals surface area contributed by atoms with E-state index >= 15 is 0 Å². The number of carboxylic acids is 1. The Kier molecular flexibility index (Phi) is 5.74. The van der Waals surface area contributed by atoms with Crippen LogP contribution in [0.5, 0.6) is 0 Å². The molecule has 1 aromatic rings. The topological polar surface area (TPSA) is 86.7 Å². The highest BCUT2D eigenvalue weighted by atomic mass is 32.2. The zero-order valence-electron chi connectivity index (χ0n) is 13.1. The summed E-state index contributed by atoms with van der Waals surface area (Å²) in [5.41, 5.74) is 1.11. The molecule has 24 heavy (non-hydrogen) atoms.